The van der Waals surface area contributed by atoms with E-state index in [1.54, 1.807) is 55.5 Å². The number of benzene rings is 2. The summed E-state index contributed by atoms with van der Waals surface area (Å²) in [6, 6.07) is 13.3. The Kier molecular flexibility index (Phi) is 6.91. The van der Waals surface area contributed by atoms with Gasteiger partial charge in [0.2, 0.25) is 5.91 Å². The van der Waals surface area contributed by atoms with Crippen molar-refractivity contribution in [1.29, 1.82) is 0 Å². The van der Waals surface area contributed by atoms with Crippen molar-refractivity contribution in [3.05, 3.63) is 59.7 Å². The summed E-state index contributed by atoms with van der Waals surface area (Å²) in [5.41, 5.74) is 4.87. The zero-order valence-corrected chi connectivity index (χ0v) is 15.0. The fourth-order valence-electron chi connectivity index (χ4n) is 2.26. The van der Waals surface area contributed by atoms with Crippen molar-refractivity contribution in [3.63, 3.8) is 0 Å². The Labute approximate surface area is 152 Å². The zero-order valence-electron chi connectivity index (χ0n) is 15.0. The van der Waals surface area contributed by atoms with Crippen molar-refractivity contribution < 1.29 is 14.7 Å². The number of carbonyl (C=O) groups excluding carboxylic acids is 2. The largest absolute Gasteiger partial charge is 0.508 e. The molecule has 2 amide bonds. The van der Waals surface area contributed by atoms with Gasteiger partial charge in [0.1, 0.15) is 5.75 Å². The number of hydrogen-bond acceptors (Lipinski definition) is 4. The standard InChI is InChI=1S/C20H23N3O3/c1-3-4-8-19(25)21-17-11-9-15(10-12-17)20(26)23-22-14(2)16-6-5-7-18(24)13-16/h5-7,9-13,24H,3-4,8H2,1-2H3,(H,21,25)(H,23,26)/b22-14-. The molecule has 0 unspecified atom stereocenters. The molecule has 0 fully saturated rings. The molecule has 6 nitrogen and oxygen atoms in total. The maximum absolute atomic E-state index is 12.2. The second kappa shape index (κ2) is 9.36. The van der Waals surface area contributed by atoms with Crippen LogP contribution in [0.3, 0.4) is 0 Å². The maximum atomic E-state index is 12.2. The van der Waals surface area contributed by atoms with Crippen molar-refractivity contribution in [3.8, 4) is 5.75 Å². The fraction of sp³-hybridized carbons (Fsp3) is 0.250. The monoisotopic (exact) mass is 353 g/mol. The van der Waals surface area contributed by atoms with E-state index in [0.29, 0.717) is 23.4 Å². The summed E-state index contributed by atoms with van der Waals surface area (Å²) in [5.74, 6) is -0.247. The average Bonchev–Trinajstić information content (AvgIpc) is 2.64. The summed E-state index contributed by atoms with van der Waals surface area (Å²) in [7, 11) is 0. The van der Waals surface area contributed by atoms with Crippen LogP contribution in [0.4, 0.5) is 5.69 Å². The molecule has 0 aromatic heterocycles. The van der Waals surface area contributed by atoms with Crippen LogP contribution in [-0.4, -0.2) is 22.6 Å². The topological polar surface area (TPSA) is 90.8 Å². The number of hydrogen-bond donors (Lipinski definition) is 3. The lowest BCUT2D eigenvalue weighted by Gasteiger charge is -2.06. The van der Waals surface area contributed by atoms with E-state index in [1.165, 1.54) is 0 Å². The first-order valence-electron chi connectivity index (χ1n) is 8.53. The van der Waals surface area contributed by atoms with Crippen LogP contribution in [0.25, 0.3) is 0 Å². The van der Waals surface area contributed by atoms with Crippen LogP contribution in [-0.2, 0) is 4.79 Å². The molecule has 0 radical (unpaired) electrons. The number of amides is 2. The third kappa shape index (κ3) is 5.73. The Morgan fingerprint density at radius 1 is 1.08 bits per heavy atom. The number of nitrogens with one attached hydrogen (secondary N) is 2. The Balaban J connectivity index is 1.95. The van der Waals surface area contributed by atoms with Crippen molar-refractivity contribution in [1.82, 2.24) is 5.43 Å². The number of hydrazone groups is 1. The number of phenols is 1. The van der Waals surface area contributed by atoms with E-state index in [-0.39, 0.29) is 17.6 Å². The number of phenolic OH excluding ortho intramolecular Hbond substituents is 1. The van der Waals surface area contributed by atoms with Crippen LogP contribution in [0.2, 0.25) is 0 Å². The number of unbranched alkanes of at least 4 members (excludes halogenated alkanes) is 1. The quantitative estimate of drug-likeness (QED) is 0.524. The van der Waals surface area contributed by atoms with Gasteiger partial charge in [0, 0.05) is 23.2 Å². The summed E-state index contributed by atoms with van der Waals surface area (Å²) >= 11 is 0. The van der Waals surface area contributed by atoms with Crippen molar-refractivity contribution >= 4 is 23.2 Å². The van der Waals surface area contributed by atoms with Gasteiger partial charge in [0.05, 0.1) is 5.71 Å². The van der Waals surface area contributed by atoms with Gasteiger partial charge in [-0.05, 0) is 49.7 Å². The Hall–Kier alpha value is -3.15. The van der Waals surface area contributed by atoms with Crippen LogP contribution < -0.4 is 10.7 Å². The lowest BCUT2D eigenvalue weighted by atomic mass is 10.1. The highest BCUT2D eigenvalue weighted by Crippen LogP contribution is 2.12. The average molecular weight is 353 g/mol. The third-order valence-electron chi connectivity index (χ3n) is 3.78. The molecular weight excluding hydrogens is 330 g/mol. The smallest absolute Gasteiger partial charge is 0.271 e. The van der Waals surface area contributed by atoms with E-state index in [1.807, 2.05) is 6.92 Å². The second-order valence-corrected chi connectivity index (χ2v) is 5.92. The summed E-state index contributed by atoms with van der Waals surface area (Å²) in [4.78, 5) is 23.9. The van der Waals surface area contributed by atoms with Gasteiger partial charge in [-0.3, -0.25) is 9.59 Å². The van der Waals surface area contributed by atoms with Crippen molar-refractivity contribution in [2.45, 2.75) is 33.1 Å². The predicted molar refractivity (Wildman–Crippen MR) is 102 cm³/mol. The molecule has 26 heavy (non-hydrogen) atoms. The first kappa shape index (κ1) is 19.2. The molecule has 136 valence electrons. The molecule has 0 aliphatic carbocycles. The van der Waals surface area contributed by atoms with Gasteiger partial charge in [-0.25, -0.2) is 5.43 Å². The molecular formula is C20H23N3O3. The SMILES string of the molecule is CCCCC(=O)Nc1ccc(C(=O)N/N=C(/C)c2cccc(O)c2)cc1. The first-order chi connectivity index (χ1) is 12.5. The van der Waals surface area contributed by atoms with Crippen LogP contribution in [0.1, 0.15) is 49.0 Å². The van der Waals surface area contributed by atoms with Gasteiger partial charge in [0.25, 0.3) is 5.91 Å². The highest BCUT2D eigenvalue weighted by atomic mass is 16.3. The molecule has 0 saturated carbocycles. The van der Waals surface area contributed by atoms with Gasteiger partial charge < -0.3 is 10.4 Å². The minimum Gasteiger partial charge on any atom is -0.508 e. The van der Waals surface area contributed by atoms with Gasteiger partial charge in [-0.1, -0.05) is 25.5 Å². The highest BCUT2D eigenvalue weighted by molar-refractivity contribution is 6.01. The summed E-state index contributed by atoms with van der Waals surface area (Å²) in [6.45, 7) is 3.77. The lowest BCUT2D eigenvalue weighted by Crippen LogP contribution is -2.19. The van der Waals surface area contributed by atoms with Crippen LogP contribution in [0.15, 0.2) is 53.6 Å². The maximum Gasteiger partial charge on any atom is 0.271 e. The van der Waals surface area contributed by atoms with E-state index >= 15 is 0 Å². The Morgan fingerprint density at radius 3 is 2.46 bits per heavy atom. The lowest BCUT2D eigenvalue weighted by molar-refractivity contribution is -0.116. The van der Waals surface area contributed by atoms with Crippen LogP contribution >= 0.6 is 0 Å². The molecule has 2 aromatic rings. The van der Waals surface area contributed by atoms with Crippen LogP contribution in [0.5, 0.6) is 5.75 Å². The molecule has 0 aliphatic rings. The van der Waals surface area contributed by atoms with Crippen molar-refractivity contribution in [2.75, 3.05) is 5.32 Å². The van der Waals surface area contributed by atoms with E-state index in [0.717, 1.165) is 18.4 Å². The molecule has 2 aromatic carbocycles. The van der Waals surface area contributed by atoms with E-state index in [2.05, 4.69) is 15.8 Å². The molecule has 0 saturated heterocycles. The fourth-order valence-corrected chi connectivity index (χ4v) is 2.26. The Morgan fingerprint density at radius 2 is 1.81 bits per heavy atom. The van der Waals surface area contributed by atoms with Crippen molar-refractivity contribution in [2.24, 2.45) is 5.10 Å². The van der Waals surface area contributed by atoms with E-state index in [9.17, 15) is 14.7 Å². The van der Waals surface area contributed by atoms with Gasteiger partial charge >= 0.3 is 0 Å². The minimum absolute atomic E-state index is 0.0320. The second-order valence-electron chi connectivity index (χ2n) is 5.92. The normalized spacial score (nSPS) is 11.1. The molecule has 6 heteroatoms. The number of nitrogens with zero attached hydrogens (tertiary/aromatic N) is 1. The number of anilines is 1. The molecule has 2 rings (SSSR count). The van der Waals surface area contributed by atoms with Crippen LogP contribution in [0, 0.1) is 0 Å². The zero-order chi connectivity index (χ0) is 18.9. The van der Waals surface area contributed by atoms with Gasteiger partial charge in [-0.2, -0.15) is 5.10 Å². The number of carbonyl (C=O) groups is 2. The Bertz CT molecular complexity index is 798. The van der Waals surface area contributed by atoms with Gasteiger partial charge in [-0.15, -0.1) is 0 Å². The summed E-state index contributed by atoms with van der Waals surface area (Å²) in [5, 5.41) is 16.3. The van der Waals surface area contributed by atoms with Gasteiger partial charge in [0.15, 0.2) is 0 Å². The number of aromatic hydroxyl groups is 1. The predicted octanol–water partition coefficient (Wildman–Crippen LogP) is 3.67. The summed E-state index contributed by atoms with van der Waals surface area (Å²) in [6.07, 6.45) is 2.31. The molecule has 0 bridgehead atoms. The van der Waals surface area contributed by atoms with E-state index < -0.39 is 0 Å². The molecule has 0 aliphatic heterocycles. The third-order valence-corrected chi connectivity index (χ3v) is 3.78. The molecule has 0 heterocycles. The molecule has 0 atom stereocenters. The number of rotatable bonds is 7. The molecule has 3 N–H and O–H groups in total. The molecule has 0 spiro atoms. The minimum atomic E-state index is -0.353. The van der Waals surface area contributed by atoms with E-state index in [4.69, 9.17) is 0 Å². The highest BCUT2D eigenvalue weighted by Gasteiger charge is 2.07. The summed E-state index contributed by atoms with van der Waals surface area (Å²) < 4.78 is 0. The first-order valence-corrected chi connectivity index (χ1v) is 8.53.